The summed E-state index contributed by atoms with van der Waals surface area (Å²) in [6.07, 6.45) is -1.09. The van der Waals surface area contributed by atoms with Gasteiger partial charge in [0.1, 0.15) is 6.04 Å². The van der Waals surface area contributed by atoms with E-state index in [4.69, 9.17) is 5.73 Å². The van der Waals surface area contributed by atoms with Crippen LogP contribution in [-0.2, 0) is 7.05 Å². The fraction of sp³-hybridized carbons (Fsp3) is 0.500. The monoisotopic (exact) mass is 197 g/mol. The van der Waals surface area contributed by atoms with Crippen molar-refractivity contribution in [3.8, 4) is 0 Å². The normalized spacial score (nSPS) is 12.8. The van der Waals surface area contributed by atoms with E-state index in [1.807, 2.05) is 0 Å². The number of alkyl halides is 2. The molecule has 1 unspecified atom stereocenters. The summed E-state index contributed by atoms with van der Waals surface area (Å²) in [5.41, 5.74) is 5.52. The maximum atomic E-state index is 12.0. The molecular formula is C6H10ClF2N3. The van der Waals surface area contributed by atoms with Crippen LogP contribution in [0.5, 0.6) is 0 Å². The molecule has 0 amide bonds. The van der Waals surface area contributed by atoms with E-state index in [1.54, 1.807) is 7.05 Å². The van der Waals surface area contributed by atoms with E-state index in [0.717, 1.165) is 0 Å². The summed E-state index contributed by atoms with van der Waals surface area (Å²) in [6, 6.07) is 0.249. The van der Waals surface area contributed by atoms with Gasteiger partial charge >= 0.3 is 0 Å². The van der Waals surface area contributed by atoms with Gasteiger partial charge in [0.2, 0.25) is 0 Å². The Morgan fingerprint density at radius 3 is 2.50 bits per heavy atom. The van der Waals surface area contributed by atoms with Gasteiger partial charge in [-0.3, -0.25) is 4.68 Å². The molecule has 12 heavy (non-hydrogen) atoms. The van der Waals surface area contributed by atoms with Crippen molar-refractivity contribution in [1.29, 1.82) is 0 Å². The molecule has 2 N–H and O–H groups in total. The predicted octanol–water partition coefficient (Wildman–Crippen LogP) is 1.11. The molecule has 0 bridgehead atoms. The van der Waals surface area contributed by atoms with Crippen LogP contribution in [0.3, 0.4) is 0 Å². The molecule has 1 heterocycles. The highest BCUT2D eigenvalue weighted by molar-refractivity contribution is 5.85. The number of hydrogen-bond acceptors (Lipinski definition) is 2. The topological polar surface area (TPSA) is 43.8 Å². The number of aromatic nitrogens is 2. The zero-order chi connectivity index (χ0) is 8.43. The Hall–Kier alpha value is -0.680. The van der Waals surface area contributed by atoms with Crippen molar-refractivity contribution in [1.82, 2.24) is 9.78 Å². The molecule has 6 heteroatoms. The molecule has 0 aliphatic carbocycles. The fourth-order valence-electron chi connectivity index (χ4n) is 0.840. The van der Waals surface area contributed by atoms with Gasteiger partial charge < -0.3 is 5.73 Å². The van der Waals surface area contributed by atoms with E-state index in [0.29, 0.717) is 5.69 Å². The third-order valence-corrected chi connectivity index (χ3v) is 1.47. The number of hydrogen-bond donors (Lipinski definition) is 1. The summed E-state index contributed by atoms with van der Waals surface area (Å²) in [5, 5.41) is 3.72. The lowest BCUT2D eigenvalue weighted by molar-refractivity contribution is 0.113. The van der Waals surface area contributed by atoms with Crippen molar-refractivity contribution in [3.05, 3.63) is 18.0 Å². The molecule has 0 aliphatic heterocycles. The summed E-state index contributed by atoms with van der Waals surface area (Å²) < 4.78 is 25.4. The SMILES string of the molecule is Cl.Cn1nccc1C(N)C(F)F. The summed E-state index contributed by atoms with van der Waals surface area (Å²) in [5.74, 6) is 0. The quantitative estimate of drug-likeness (QED) is 0.772. The van der Waals surface area contributed by atoms with Crippen LogP contribution in [-0.4, -0.2) is 16.2 Å². The molecule has 0 radical (unpaired) electrons. The van der Waals surface area contributed by atoms with Crippen LogP contribution >= 0.6 is 12.4 Å². The lowest BCUT2D eigenvalue weighted by Gasteiger charge is -2.09. The molecular weight excluding hydrogens is 188 g/mol. The Kier molecular flexibility index (Phi) is 4.12. The van der Waals surface area contributed by atoms with Gasteiger partial charge in [-0.05, 0) is 6.07 Å². The van der Waals surface area contributed by atoms with Gasteiger partial charge in [0.05, 0.1) is 5.69 Å². The highest BCUT2D eigenvalue weighted by Gasteiger charge is 2.19. The van der Waals surface area contributed by atoms with Crippen LogP contribution in [0.1, 0.15) is 11.7 Å². The summed E-state index contributed by atoms with van der Waals surface area (Å²) in [7, 11) is 1.58. The average molecular weight is 198 g/mol. The number of halogens is 3. The molecule has 0 fully saturated rings. The molecule has 70 valence electrons. The van der Waals surface area contributed by atoms with E-state index in [9.17, 15) is 8.78 Å². The Morgan fingerprint density at radius 1 is 1.58 bits per heavy atom. The van der Waals surface area contributed by atoms with Crippen LogP contribution < -0.4 is 5.73 Å². The summed E-state index contributed by atoms with van der Waals surface area (Å²) in [4.78, 5) is 0. The second-order valence-corrected chi connectivity index (χ2v) is 2.24. The van der Waals surface area contributed by atoms with Gasteiger partial charge in [-0.1, -0.05) is 0 Å². The minimum Gasteiger partial charge on any atom is -0.318 e. The first-order valence-electron chi connectivity index (χ1n) is 3.14. The largest absolute Gasteiger partial charge is 0.318 e. The number of nitrogens with two attached hydrogens (primary N) is 1. The first-order chi connectivity index (χ1) is 5.13. The lowest BCUT2D eigenvalue weighted by Crippen LogP contribution is -2.21. The zero-order valence-electron chi connectivity index (χ0n) is 6.45. The first kappa shape index (κ1) is 11.3. The van der Waals surface area contributed by atoms with E-state index in [1.165, 1.54) is 16.9 Å². The second-order valence-electron chi connectivity index (χ2n) is 2.24. The van der Waals surface area contributed by atoms with Gasteiger partial charge in [0, 0.05) is 13.2 Å². The molecule has 0 saturated heterocycles. The number of rotatable bonds is 2. The number of aryl methyl sites for hydroxylation is 1. The summed E-state index contributed by atoms with van der Waals surface area (Å²) in [6.45, 7) is 0. The maximum absolute atomic E-state index is 12.0. The van der Waals surface area contributed by atoms with E-state index in [-0.39, 0.29) is 12.4 Å². The summed E-state index contributed by atoms with van der Waals surface area (Å²) >= 11 is 0. The van der Waals surface area contributed by atoms with Gasteiger partial charge in [-0.2, -0.15) is 5.10 Å². The smallest absolute Gasteiger partial charge is 0.259 e. The average Bonchev–Trinajstić information content (AvgIpc) is 2.33. The molecule has 0 aromatic carbocycles. The minimum atomic E-state index is -2.54. The third kappa shape index (κ3) is 2.15. The molecule has 0 aliphatic rings. The lowest BCUT2D eigenvalue weighted by atomic mass is 10.2. The van der Waals surface area contributed by atoms with E-state index >= 15 is 0 Å². The molecule has 1 rings (SSSR count). The second kappa shape index (κ2) is 4.37. The minimum absolute atomic E-state index is 0. The van der Waals surface area contributed by atoms with Crippen LogP contribution in [0.25, 0.3) is 0 Å². The first-order valence-corrected chi connectivity index (χ1v) is 3.14. The fourth-order valence-corrected chi connectivity index (χ4v) is 0.840. The van der Waals surface area contributed by atoms with Crippen molar-refractivity contribution < 1.29 is 8.78 Å². The standard InChI is InChI=1S/C6H9F2N3.ClH/c1-11-4(2-3-10-11)5(9)6(7)8;/h2-3,5-6H,9H2,1H3;1H. The van der Waals surface area contributed by atoms with E-state index < -0.39 is 12.5 Å². The Bertz CT molecular complexity index is 238. The van der Waals surface area contributed by atoms with Crippen LogP contribution in [0.2, 0.25) is 0 Å². The van der Waals surface area contributed by atoms with Crippen molar-refractivity contribution in [2.24, 2.45) is 12.8 Å². The number of nitrogens with zero attached hydrogens (tertiary/aromatic N) is 2. The Labute approximate surface area is 75.0 Å². The highest BCUT2D eigenvalue weighted by Crippen LogP contribution is 2.15. The van der Waals surface area contributed by atoms with Crippen molar-refractivity contribution in [3.63, 3.8) is 0 Å². The van der Waals surface area contributed by atoms with E-state index in [2.05, 4.69) is 5.10 Å². The maximum Gasteiger partial charge on any atom is 0.259 e. The van der Waals surface area contributed by atoms with Crippen LogP contribution in [0.4, 0.5) is 8.78 Å². The third-order valence-electron chi connectivity index (χ3n) is 1.47. The molecule has 0 saturated carbocycles. The van der Waals surface area contributed by atoms with Gasteiger partial charge in [0.15, 0.2) is 0 Å². The van der Waals surface area contributed by atoms with Gasteiger partial charge in [-0.15, -0.1) is 12.4 Å². The van der Waals surface area contributed by atoms with Crippen molar-refractivity contribution in [2.75, 3.05) is 0 Å². The molecule has 1 aromatic rings. The zero-order valence-corrected chi connectivity index (χ0v) is 7.26. The van der Waals surface area contributed by atoms with Crippen LogP contribution in [0.15, 0.2) is 12.3 Å². The van der Waals surface area contributed by atoms with Crippen molar-refractivity contribution in [2.45, 2.75) is 12.5 Å². The Morgan fingerprint density at radius 2 is 2.17 bits per heavy atom. The van der Waals surface area contributed by atoms with Crippen molar-refractivity contribution >= 4 is 12.4 Å². The Balaban J connectivity index is 0.00000121. The van der Waals surface area contributed by atoms with Gasteiger partial charge in [-0.25, -0.2) is 8.78 Å². The van der Waals surface area contributed by atoms with Gasteiger partial charge in [0.25, 0.3) is 6.43 Å². The molecule has 0 spiro atoms. The molecule has 1 atom stereocenters. The van der Waals surface area contributed by atoms with Crippen LogP contribution in [0, 0.1) is 0 Å². The molecule has 1 aromatic heterocycles. The predicted molar refractivity (Wildman–Crippen MR) is 43.4 cm³/mol. The molecule has 3 nitrogen and oxygen atoms in total. The highest BCUT2D eigenvalue weighted by atomic mass is 35.5.